The molecule has 0 aliphatic carbocycles. The normalized spacial score (nSPS) is 22.2. The number of likely N-dealkylation sites (tertiary alicyclic amines) is 1. The zero-order valence-electron chi connectivity index (χ0n) is 10.2. The van der Waals surface area contributed by atoms with Gasteiger partial charge in [0.1, 0.15) is 6.04 Å². The summed E-state index contributed by atoms with van der Waals surface area (Å²) < 4.78 is 4.99. The van der Waals surface area contributed by atoms with Crippen molar-refractivity contribution >= 4 is 5.97 Å². The smallest absolute Gasteiger partial charge is 0.320 e. The number of hydrogen-bond acceptors (Lipinski definition) is 3. The number of rotatable bonds is 7. The molecular formula is C12H23NO3. The number of ether oxygens (including phenoxy) is 1. The quantitative estimate of drug-likeness (QED) is 0.676. The van der Waals surface area contributed by atoms with Crippen LogP contribution in [0.15, 0.2) is 0 Å². The molecule has 1 heterocycles. The number of carbonyl (C=O) groups is 1. The van der Waals surface area contributed by atoms with Gasteiger partial charge in [-0.3, -0.25) is 9.69 Å². The zero-order valence-corrected chi connectivity index (χ0v) is 10.2. The Hall–Kier alpha value is -0.610. The van der Waals surface area contributed by atoms with E-state index in [9.17, 15) is 4.79 Å². The first-order valence-electron chi connectivity index (χ1n) is 6.21. The van der Waals surface area contributed by atoms with Crippen molar-refractivity contribution in [1.29, 1.82) is 0 Å². The predicted octanol–water partition coefficient (Wildman–Crippen LogP) is 1.74. The van der Waals surface area contributed by atoms with Crippen LogP contribution >= 0.6 is 0 Å². The zero-order chi connectivity index (χ0) is 11.8. The molecule has 1 fully saturated rings. The van der Waals surface area contributed by atoms with Crippen LogP contribution in [0.2, 0.25) is 0 Å². The average molecular weight is 229 g/mol. The van der Waals surface area contributed by atoms with Gasteiger partial charge in [0.25, 0.3) is 0 Å². The van der Waals surface area contributed by atoms with Gasteiger partial charge >= 0.3 is 5.97 Å². The molecule has 0 aromatic rings. The summed E-state index contributed by atoms with van der Waals surface area (Å²) >= 11 is 0. The van der Waals surface area contributed by atoms with Crippen LogP contribution in [0.3, 0.4) is 0 Å². The summed E-state index contributed by atoms with van der Waals surface area (Å²) in [5.41, 5.74) is 0. The molecule has 4 nitrogen and oxygen atoms in total. The molecule has 1 aliphatic rings. The first kappa shape index (κ1) is 13.5. The van der Waals surface area contributed by atoms with Gasteiger partial charge in [0.05, 0.1) is 0 Å². The Morgan fingerprint density at radius 2 is 2.19 bits per heavy atom. The molecule has 1 N–H and O–H groups in total. The molecule has 16 heavy (non-hydrogen) atoms. The molecule has 94 valence electrons. The fourth-order valence-electron chi connectivity index (χ4n) is 2.28. The monoisotopic (exact) mass is 229 g/mol. The maximum absolute atomic E-state index is 11.0. The molecule has 1 saturated heterocycles. The van der Waals surface area contributed by atoms with Crippen molar-refractivity contribution in [3.8, 4) is 0 Å². The molecule has 1 aliphatic heterocycles. The fourth-order valence-corrected chi connectivity index (χ4v) is 2.28. The van der Waals surface area contributed by atoms with Crippen LogP contribution in [0.25, 0.3) is 0 Å². The summed E-state index contributed by atoms with van der Waals surface area (Å²) in [4.78, 5) is 13.2. The molecule has 1 rings (SSSR count). The van der Waals surface area contributed by atoms with Crippen molar-refractivity contribution < 1.29 is 14.6 Å². The summed E-state index contributed by atoms with van der Waals surface area (Å²) in [5, 5.41) is 9.09. The molecule has 0 saturated carbocycles. The minimum absolute atomic E-state index is 0.240. The third kappa shape index (κ3) is 4.49. The number of piperidine rings is 1. The average Bonchev–Trinajstić information content (AvgIpc) is 2.29. The van der Waals surface area contributed by atoms with E-state index in [1.165, 1.54) is 0 Å². The molecule has 1 atom stereocenters. The lowest BCUT2D eigenvalue weighted by atomic mass is 10.0. The lowest BCUT2D eigenvalue weighted by Crippen LogP contribution is -2.44. The van der Waals surface area contributed by atoms with E-state index >= 15 is 0 Å². The molecular weight excluding hydrogens is 206 g/mol. The van der Waals surface area contributed by atoms with Crippen molar-refractivity contribution in [2.75, 3.05) is 26.8 Å². The van der Waals surface area contributed by atoms with Crippen molar-refractivity contribution in [2.24, 2.45) is 0 Å². The Morgan fingerprint density at radius 3 is 2.88 bits per heavy atom. The van der Waals surface area contributed by atoms with E-state index in [4.69, 9.17) is 9.84 Å². The highest BCUT2D eigenvalue weighted by Gasteiger charge is 2.27. The Bertz CT molecular complexity index is 208. The minimum atomic E-state index is -0.656. The lowest BCUT2D eigenvalue weighted by Gasteiger charge is -2.32. The third-order valence-corrected chi connectivity index (χ3v) is 3.19. The van der Waals surface area contributed by atoms with Crippen LogP contribution in [0, 0.1) is 0 Å². The summed E-state index contributed by atoms with van der Waals surface area (Å²) in [7, 11) is 1.71. The minimum Gasteiger partial charge on any atom is -0.480 e. The second-order valence-corrected chi connectivity index (χ2v) is 4.44. The van der Waals surface area contributed by atoms with Gasteiger partial charge in [-0.1, -0.05) is 6.42 Å². The number of hydrogen-bond donors (Lipinski definition) is 1. The number of nitrogens with zero attached hydrogens (tertiary/aromatic N) is 1. The Morgan fingerprint density at radius 1 is 1.38 bits per heavy atom. The standard InChI is InChI=1S/C12H23NO3/c1-16-10-6-2-4-8-13-9-5-3-7-11(13)12(14)15/h11H,2-10H2,1H3,(H,14,15). The summed E-state index contributed by atoms with van der Waals surface area (Å²) in [5.74, 6) is -0.656. The molecule has 1 unspecified atom stereocenters. The third-order valence-electron chi connectivity index (χ3n) is 3.19. The molecule has 0 aromatic carbocycles. The fraction of sp³-hybridized carbons (Fsp3) is 0.917. The van der Waals surface area contributed by atoms with Gasteiger partial charge in [0.2, 0.25) is 0 Å². The molecule has 0 bridgehead atoms. The van der Waals surface area contributed by atoms with Gasteiger partial charge in [-0.2, -0.15) is 0 Å². The van der Waals surface area contributed by atoms with Crippen molar-refractivity contribution in [1.82, 2.24) is 4.90 Å². The van der Waals surface area contributed by atoms with Gasteiger partial charge in [-0.15, -0.1) is 0 Å². The summed E-state index contributed by atoms with van der Waals surface area (Å²) in [6.07, 6.45) is 6.28. The molecule has 0 aromatic heterocycles. The largest absolute Gasteiger partial charge is 0.480 e. The highest BCUT2D eigenvalue weighted by molar-refractivity contribution is 5.73. The number of unbranched alkanes of at least 4 members (excludes halogenated alkanes) is 2. The lowest BCUT2D eigenvalue weighted by molar-refractivity contribution is -0.144. The van der Waals surface area contributed by atoms with Gasteiger partial charge in [-0.05, 0) is 45.2 Å². The van der Waals surface area contributed by atoms with Gasteiger partial charge in [-0.25, -0.2) is 0 Å². The molecule has 0 spiro atoms. The van der Waals surface area contributed by atoms with E-state index in [1.54, 1.807) is 7.11 Å². The molecule has 0 radical (unpaired) electrons. The van der Waals surface area contributed by atoms with Gasteiger partial charge in [0.15, 0.2) is 0 Å². The number of aliphatic carboxylic acids is 1. The Labute approximate surface area is 97.6 Å². The molecule has 0 amide bonds. The van der Waals surface area contributed by atoms with E-state index in [0.717, 1.165) is 58.2 Å². The van der Waals surface area contributed by atoms with Crippen LogP contribution < -0.4 is 0 Å². The van der Waals surface area contributed by atoms with E-state index in [-0.39, 0.29) is 6.04 Å². The number of methoxy groups -OCH3 is 1. The SMILES string of the molecule is COCCCCCN1CCCCC1C(=O)O. The van der Waals surface area contributed by atoms with Crippen LogP contribution in [-0.2, 0) is 9.53 Å². The van der Waals surface area contributed by atoms with E-state index in [1.807, 2.05) is 0 Å². The van der Waals surface area contributed by atoms with E-state index < -0.39 is 5.97 Å². The Kier molecular flexibility index (Phi) is 6.42. The second kappa shape index (κ2) is 7.63. The van der Waals surface area contributed by atoms with Crippen LogP contribution in [0.1, 0.15) is 38.5 Å². The first-order valence-corrected chi connectivity index (χ1v) is 6.21. The maximum atomic E-state index is 11.0. The topological polar surface area (TPSA) is 49.8 Å². The number of carboxylic acid groups (broad SMARTS) is 1. The van der Waals surface area contributed by atoms with Crippen molar-refractivity contribution in [2.45, 2.75) is 44.6 Å². The number of carboxylic acids is 1. The van der Waals surface area contributed by atoms with E-state index in [0.29, 0.717) is 0 Å². The highest BCUT2D eigenvalue weighted by atomic mass is 16.5. The van der Waals surface area contributed by atoms with Gasteiger partial charge in [0, 0.05) is 13.7 Å². The van der Waals surface area contributed by atoms with E-state index in [2.05, 4.69) is 4.90 Å². The summed E-state index contributed by atoms with van der Waals surface area (Å²) in [6.45, 7) is 2.67. The second-order valence-electron chi connectivity index (χ2n) is 4.44. The van der Waals surface area contributed by atoms with Crippen LogP contribution in [0.4, 0.5) is 0 Å². The predicted molar refractivity (Wildman–Crippen MR) is 62.6 cm³/mol. The van der Waals surface area contributed by atoms with Crippen molar-refractivity contribution in [3.05, 3.63) is 0 Å². The van der Waals surface area contributed by atoms with Crippen molar-refractivity contribution in [3.63, 3.8) is 0 Å². The maximum Gasteiger partial charge on any atom is 0.320 e. The van der Waals surface area contributed by atoms with Crippen LogP contribution in [-0.4, -0.2) is 48.8 Å². The highest BCUT2D eigenvalue weighted by Crippen LogP contribution is 2.17. The van der Waals surface area contributed by atoms with Gasteiger partial charge < -0.3 is 9.84 Å². The Balaban J connectivity index is 2.19. The summed E-state index contributed by atoms with van der Waals surface area (Å²) in [6, 6.07) is -0.240. The first-order chi connectivity index (χ1) is 7.75. The molecule has 4 heteroatoms. The van der Waals surface area contributed by atoms with Crippen LogP contribution in [0.5, 0.6) is 0 Å².